The van der Waals surface area contributed by atoms with Gasteiger partial charge >= 0.3 is 18.0 Å². The molecule has 0 aliphatic rings. The molecule has 0 nitrogen and oxygen atoms in total. The predicted molar refractivity (Wildman–Crippen MR) is 33.0 cm³/mol. The number of hydrogen-bond donors (Lipinski definition) is 0. The Kier molecular flexibility index (Phi) is 4.79. The SMILES string of the molecule is CC.CC(F)(F)C(F)(F)C(F)(F)F. The predicted octanol–water partition coefficient (Wildman–Crippen LogP) is 3.87. The summed E-state index contributed by atoms with van der Waals surface area (Å²) in [6.07, 6.45) is -6.20. The Labute approximate surface area is 70.7 Å². The van der Waals surface area contributed by atoms with Crippen LogP contribution >= 0.6 is 0 Å². The first-order chi connectivity index (χ1) is 5.50. The zero-order valence-corrected chi connectivity index (χ0v) is 7.15. The monoisotopic (exact) mass is 214 g/mol. The Hall–Kier alpha value is -0.490. The molecule has 0 aromatic heterocycles. The van der Waals surface area contributed by atoms with Gasteiger partial charge in [-0.05, 0) is 0 Å². The number of halogens is 7. The lowest BCUT2D eigenvalue weighted by atomic mass is 10.2. The first-order valence-corrected chi connectivity index (χ1v) is 3.32. The normalized spacial score (nSPS) is 13.4. The van der Waals surface area contributed by atoms with Gasteiger partial charge in [-0.25, -0.2) is 0 Å². The lowest BCUT2D eigenvalue weighted by molar-refractivity contribution is -0.349. The van der Waals surface area contributed by atoms with Crippen LogP contribution in [0, 0.1) is 0 Å². The zero-order valence-electron chi connectivity index (χ0n) is 7.15. The second-order valence-corrected chi connectivity index (χ2v) is 1.96. The molecule has 0 spiro atoms. The van der Waals surface area contributed by atoms with E-state index in [9.17, 15) is 30.7 Å². The second-order valence-electron chi connectivity index (χ2n) is 1.96. The molecule has 0 aliphatic carbocycles. The summed E-state index contributed by atoms with van der Waals surface area (Å²) in [5.41, 5.74) is 0. The zero-order chi connectivity index (χ0) is 11.5. The van der Waals surface area contributed by atoms with Gasteiger partial charge in [0, 0.05) is 6.92 Å². The van der Waals surface area contributed by atoms with Crippen LogP contribution in [0.1, 0.15) is 20.8 Å². The molecule has 0 radical (unpaired) electrons. The van der Waals surface area contributed by atoms with Crippen molar-refractivity contribution in [2.75, 3.05) is 0 Å². The third-order valence-electron chi connectivity index (χ3n) is 0.907. The molecule has 0 fully saturated rings. The maximum Gasteiger partial charge on any atom is 0.459 e. The van der Waals surface area contributed by atoms with E-state index in [1.165, 1.54) is 0 Å². The Morgan fingerprint density at radius 3 is 0.923 bits per heavy atom. The molecule has 0 bridgehead atoms. The van der Waals surface area contributed by atoms with Gasteiger partial charge in [0.2, 0.25) is 0 Å². The lowest BCUT2D eigenvalue weighted by Gasteiger charge is -2.24. The topological polar surface area (TPSA) is 0 Å². The van der Waals surface area contributed by atoms with Crippen LogP contribution in [0.25, 0.3) is 0 Å². The fourth-order valence-electron chi connectivity index (χ4n) is 0.249. The molecule has 0 amide bonds. The maximum absolute atomic E-state index is 11.6. The number of alkyl halides is 7. The molecule has 82 valence electrons. The van der Waals surface area contributed by atoms with E-state index in [0.717, 1.165) is 0 Å². The minimum Gasteiger partial charge on any atom is -0.200 e. The van der Waals surface area contributed by atoms with Crippen molar-refractivity contribution >= 4 is 0 Å². The second kappa shape index (κ2) is 4.15. The molecule has 7 heteroatoms. The van der Waals surface area contributed by atoms with Crippen molar-refractivity contribution in [2.24, 2.45) is 0 Å². The summed E-state index contributed by atoms with van der Waals surface area (Å²) < 4.78 is 79.5. The molecule has 0 aromatic rings. The van der Waals surface area contributed by atoms with Crippen molar-refractivity contribution in [1.82, 2.24) is 0 Å². The van der Waals surface area contributed by atoms with Gasteiger partial charge in [0.05, 0.1) is 0 Å². The molecule has 0 atom stereocenters. The molecule has 0 rings (SSSR count). The summed E-state index contributed by atoms with van der Waals surface area (Å²) in [4.78, 5) is 0. The van der Waals surface area contributed by atoms with Crippen molar-refractivity contribution in [2.45, 2.75) is 38.8 Å². The van der Waals surface area contributed by atoms with Gasteiger partial charge in [-0.1, -0.05) is 13.8 Å². The van der Waals surface area contributed by atoms with E-state index < -0.39 is 24.9 Å². The fourth-order valence-corrected chi connectivity index (χ4v) is 0.249. The Morgan fingerprint density at radius 1 is 0.692 bits per heavy atom. The molecule has 0 saturated carbocycles. The molecule has 0 aliphatic heterocycles. The minimum atomic E-state index is -6.20. The van der Waals surface area contributed by atoms with E-state index in [2.05, 4.69) is 0 Å². The van der Waals surface area contributed by atoms with Crippen molar-refractivity contribution < 1.29 is 30.7 Å². The van der Waals surface area contributed by atoms with Crippen LogP contribution in [0.5, 0.6) is 0 Å². The number of rotatable bonds is 1. The van der Waals surface area contributed by atoms with Gasteiger partial charge < -0.3 is 0 Å². The van der Waals surface area contributed by atoms with Gasteiger partial charge in [-0.3, -0.25) is 0 Å². The fraction of sp³-hybridized carbons (Fsp3) is 1.00. The van der Waals surface area contributed by atoms with E-state index in [-0.39, 0.29) is 0 Å². The standard InChI is InChI=1S/C4H3F7.C2H6/c1-2(5,6)3(7,8)4(9,10)11;1-2/h1H3;1-2H3. The van der Waals surface area contributed by atoms with Crippen LogP contribution < -0.4 is 0 Å². The average Bonchev–Trinajstić information content (AvgIpc) is 1.87. The minimum absolute atomic E-state index is 0.486. The van der Waals surface area contributed by atoms with E-state index in [1.54, 1.807) is 0 Å². The molecule has 0 aromatic carbocycles. The third-order valence-corrected chi connectivity index (χ3v) is 0.907. The van der Waals surface area contributed by atoms with Crippen LogP contribution in [0.3, 0.4) is 0 Å². The summed E-state index contributed by atoms with van der Waals surface area (Å²) >= 11 is 0. The van der Waals surface area contributed by atoms with Crippen molar-refractivity contribution in [3.05, 3.63) is 0 Å². The summed E-state index contributed by atoms with van der Waals surface area (Å²) in [7, 11) is 0. The van der Waals surface area contributed by atoms with Gasteiger partial charge in [-0.15, -0.1) is 0 Å². The molecular formula is C6H9F7. The summed E-state index contributed by atoms with van der Waals surface area (Å²) in [5.74, 6) is -11.0. The molecular weight excluding hydrogens is 205 g/mol. The third kappa shape index (κ3) is 3.40. The van der Waals surface area contributed by atoms with Crippen molar-refractivity contribution in [3.8, 4) is 0 Å². The molecule has 0 N–H and O–H groups in total. The Bertz CT molecular complexity index is 124. The van der Waals surface area contributed by atoms with E-state index in [4.69, 9.17) is 0 Å². The smallest absolute Gasteiger partial charge is 0.200 e. The Morgan fingerprint density at radius 2 is 0.923 bits per heavy atom. The number of hydrogen-bond acceptors (Lipinski definition) is 0. The van der Waals surface area contributed by atoms with Gasteiger partial charge in [-0.2, -0.15) is 30.7 Å². The summed E-state index contributed by atoms with van der Waals surface area (Å²) in [6.45, 7) is 3.51. The maximum atomic E-state index is 11.6. The van der Waals surface area contributed by atoms with E-state index in [0.29, 0.717) is 0 Å². The average molecular weight is 214 g/mol. The van der Waals surface area contributed by atoms with Gasteiger partial charge in [0.25, 0.3) is 0 Å². The highest BCUT2D eigenvalue weighted by Gasteiger charge is 2.70. The largest absolute Gasteiger partial charge is 0.459 e. The van der Waals surface area contributed by atoms with Crippen LogP contribution in [0.2, 0.25) is 0 Å². The van der Waals surface area contributed by atoms with Gasteiger partial charge in [0.15, 0.2) is 0 Å². The first-order valence-electron chi connectivity index (χ1n) is 3.32. The van der Waals surface area contributed by atoms with Gasteiger partial charge in [0.1, 0.15) is 0 Å². The molecule has 13 heavy (non-hydrogen) atoms. The summed E-state index contributed by atoms with van der Waals surface area (Å²) in [5, 5.41) is 0. The first kappa shape index (κ1) is 15.0. The Balaban J connectivity index is 0. The lowest BCUT2D eigenvalue weighted by Crippen LogP contribution is -2.50. The van der Waals surface area contributed by atoms with E-state index in [1.807, 2.05) is 13.8 Å². The van der Waals surface area contributed by atoms with Crippen LogP contribution in [-0.2, 0) is 0 Å². The van der Waals surface area contributed by atoms with Crippen LogP contribution in [0.15, 0.2) is 0 Å². The summed E-state index contributed by atoms with van der Waals surface area (Å²) in [6, 6.07) is 0. The molecule has 0 heterocycles. The van der Waals surface area contributed by atoms with Crippen molar-refractivity contribution in [1.29, 1.82) is 0 Å². The molecule has 0 unspecified atom stereocenters. The van der Waals surface area contributed by atoms with Crippen molar-refractivity contribution in [3.63, 3.8) is 0 Å². The highest BCUT2D eigenvalue weighted by Crippen LogP contribution is 2.45. The highest BCUT2D eigenvalue weighted by atomic mass is 19.4. The highest BCUT2D eigenvalue weighted by molar-refractivity contribution is 4.87. The van der Waals surface area contributed by atoms with Crippen LogP contribution in [0.4, 0.5) is 30.7 Å². The van der Waals surface area contributed by atoms with E-state index >= 15 is 0 Å². The van der Waals surface area contributed by atoms with Crippen LogP contribution in [-0.4, -0.2) is 18.0 Å². The quantitative estimate of drug-likeness (QED) is 0.581. The molecule has 0 saturated heterocycles.